The number of aromatic nitrogens is 1. The Bertz CT molecular complexity index is 724. The van der Waals surface area contributed by atoms with Crippen molar-refractivity contribution in [3.63, 3.8) is 0 Å². The van der Waals surface area contributed by atoms with Gasteiger partial charge in [-0.15, -0.1) is 17.8 Å². The zero-order valence-corrected chi connectivity index (χ0v) is 14.1. The highest BCUT2D eigenvalue weighted by Gasteiger charge is 2.09. The highest BCUT2D eigenvalue weighted by Crippen LogP contribution is 2.32. The standard InChI is InChI=1S/C14H13BrN4O2S/c1-3-4-21-12-6-10(15)9(5-11(12)20-2)7-17-19-14-18-13(16)8-22-14/h1,5-8H,4,16H2,2H3,(H,18,19). The largest absolute Gasteiger partial charge is 0.493 e. The Morgan fingerprint density at radius 3 is 3.00 bits per heavy atom. The van der Waals surface area contributed by atoms with Gasteiger partial charge in [-0.2, -0.15) is 5.10 Å². The summed E-state index contributed by atoms with van der Waals surface area (Å²) < 4.78 is 11.5. The molecule has 0 amide bonds. The zero-order chi connectivity index (χ0) is 15.9. The second-order valence-electron chi connectivity index (χ2n) is 3.96. The Labute approximate surface area is 140 Å². The summed E-state index contributed by atoms with van der Waals surface area (Å²) in [7, 11) is 1.56. The summed E-state index contributed by atoms with van der Waals surface area (Å²) >= 11 is 4.83. The average molecular weight is 381 g/mol. The molecule has 114 valence electrons. The summed E-state index contributed by atoms with van der Waals surface area (Å²) in [5, 5.41) is 6.46. The molecule has 0 aliphatic heterocycles. The third-order valence-electron chi connectivity index (χ3n) is 2.48. The van der Waals surface area contributed by atoms with Gasteiger partial charge in [-0.3, -0.25) is 5.43 Å². The van der Waals surface area contributed by atoms with Crippen LogP contribution in [0.2, 0.25) is 0 Å². The Morgan fingerprint density at radius 1 is 1.55 bits per heavy atom. The van der Waals surface area contributed by atoms with Crippen LogP contribution in [0.25, 0.3) is 0 Å². The van der Waals surface area contributed by atoms with Crippen molar-refractivity contribution >= 4 is 44.4 Å². The molecule has 0 saturated carbocycles. The SMILES string of the molecule is C#CCOc1cc(Br)c(C=NNc2nc(N)cs2)cc1OC. The summed E-state index contributed by atoms with van der Waals surface area (Å²) in [6.07, 6.45) is 6.82. The number of nitrogens with zero attached hydrogens (tertiary/aromatic N) is 2. The molecule has 0 aliphatic rings. The molecule has 2 rings (SSSR count). The summed E-state index contributed by atoms with van der Waals surface area (Å²) in [6, 6.07) is 3.57. The number of benzene rings is 1. The number of thiazole rings is 1. The Balaban J connectivity index is 2.15. The lowest BCUT2D eigenvalue weighted by Gasteiger charge is -2.10. The topological polar surface area (TPSA) is 81.8 Å². The van der Waals surface area contributed by atoms with E-state index in [2.05, 4.69) is 37.4 Å². The van der Waals surface area contributed by atoms with E-state index >= 15 is 0 Å². The molecule has 0 unspecified atom stereocenters. The zero-order valence-electron chi connectivity index (χ0n) is 11.7. The van der Waals surface area contributed by atoms with Gasteiger partial charge in [0.15, 0.2) is 11.5 Å². The van der Waals surface area contributed by atoms with E-state index < -0.39 is 0 Å². The monoisotopic (exact) mass is 380 g/mol. The first-order chi connectivity index (χ1) is 10.6. The summed E-state index contributed by atoms with van der Waals surface area (Å²) in [5.41, 5.74) is 9.15. The number of terminal acetylenes is 1. The highest BCUT2D eigenvalue weighted by atomic mass is 79.9. The molecular weight excluding hydrogens is 368 g/mol. The van der Waals surface area contributed by atoms with Crippen LogP contribution >= 0.6 is 27.3 Å². The van der Waals surface area contributed by atoms with Gasteiger partial charge in [0.05, 0.1) is 13.3 Å². The van der Waals surface area contributed by atoms with Gasteiger partial charge in [-0.1, -0.05) is 5.92 Å². The van der Waals surface area contributed by atoms with Gasteiger partial charge in [0.25, 0.3) is 0 Å². The lowest BCUT2D eigenvalue weighted by Crippen LogP contribution is -1.99. The Kier molecular flexibility index (Phi) is 5.63. The van der Waals surface area contributed by atoms with Crippen LogP contribution in [0.15, 0.2) is 27.1 Å². The number of anilines is 2. The molecular formula is C14H13BrN4O2S. The number of nitrogen functional groups attached to an aromatic ring is 1. The van der Waals surface area contributed by atoms with Crippen molar-refractivity contribution in [1.29, 1.82) is 0 Å². The number of methoxy groups -OCH3 is 1. The van der Waals surface area contributed by atoms with Crippen LogP contribution in [0.5, 0.6) is 11.5 Å². The molecule has 0 radical (unpaired) electrons. The van der Waals surface area contributed by atoms with Crippen LogP contribution in [0.1, 0.15) is 5.56 Å². The number of hydrazone groups is 1. The number of rotatable bonds is 6. The van der Waals surface area contributed by atoms with Crippen LogP contribution in [-0.2, 0) is 0 Å². The van der Waals surface area contributed by atoms with Crippen LogP contribution < -0.4 is 20.6 Å². The van der Waals surface area contributed by atoms with Crippen molar-refractivity contribution in [3.8, 4) is 23.8 Å². The normalized spacial score (nSPS) is 10.4. The van der Waals surface area contributed by atoms with Gasteiger partial charge in [0, 0.05) is 15.4 Å². The van der Waals surface area contributed by atoms with E-state index in [0.29, 0.717) is 22.4 Å². The number of ether oxygens (including phenoxy) is 2. The molecule has 0 atom stereocenters. The first kappa shape index (κ1) is 16.1. The van der Waals surface area contributed by atoms with Gasteiger partial charge in [-0.25, -0.2) is 4.98 Å². The van der Waals surface area contributed by atoms with Gasteiger partial charge in [0.2, 0.25) is 5.13 Å². The molecule has 1 heterocycles. The van der Waals surface area contributed by atoms with Gasteiger partial charge >= 0.3 is 0 Å². The number of nitrogens with two attached hydrogens (primary N) is 1. The quantitative estimate of drug-likeness (QED) is 0.457. The number of nitrogens with one attached hydrogen (secondary N) is 1. The van der Waals surface area contributed by atoms with Crippen LogP contribution in [-0.4, -0.2) is 24.9 Å². The first-order valence-electron chi connectivity index (χ1n) is 6.08. The number of hydrogen-bond acceptors (Lipinski definition) is 7. The van der Waals surface area contributed by atoms with Crippen LogP contribution in [0.4, 0.5) is 10.9 Å². The molecule has 0 fully saturated rings. The minimum atomic E-state index is 0.170. The van der Waals surface area contributed by atoms with E-state index in [1.54, 1.807) is 30.8 Å². The maximum Gasteiger partial charge on any atom is 0.205 e. The molecule has 2 aromatic rings. The van der Waals surface area contributed by atoms with Crippen molar-refractivity contribution in [1.82, 2.24) is 4.98 Å². The van der Waals surface area contributed by atoms with Crippen molar-refractivity contribution in [2.24, 2.45) is 5.10 Å². The van der Waals surface area contributed by atoms with Gasteiger partial charge in [0.1, 0.15) is 12.4 Å². The molecule has 22 heavy (non-hydrogen) atoms. The summed E-state index contributed by atoms with van der Waals surface area (Å²) in [4.78, 5) is 4.04. The van der Waals surface area contributed by atoms with Gasteiger partial charge < -0.3 is 15.2 Å². The molecule has 0 bridgehead atoms. The van der Waals surface area contributed by atoms with E-state index in [-0.39, 0.29) is 6.61 Å². The van der Waals surface area contributed by atoms with Crippen LogP contribution in [0, 0.1) is 12.3 Å². The lowest BCUT2D eigenvalue weighted by atomic mass is 10.2. The Morgan fingerprint density at radius 2 is 2.36 bits per heavy atom. The van der Waals surface area contributed by atoms with Crippen LogP contribution in [0.3, 0.4) is 0 Å². The summed E-state index contributed by atoms with van der Waals surface area (Å²) in [6.45, 7) is 0.170. The lowest BCUT2D eigenvalue weighted by molar-refractivity contribution is 0.330. The highest BCUT2D eigenvalue weighted by molar-refractivity contribution is 9.10. The third kappa shape index (κ3) is 4.13. The smallest absolute Gasteiger partial charge is 0.205 e. The average Bonchev–Trinajstić information content (AvgIpc) is 2.92. The Hall–Kier alpha value is -2.24. The van der Waals surface area contributed by atoms with E-state index in [9.17, 15) is 0 Å². The second-order valence-corrected chi connectivity index (χ2v) is 5.68. The molecule has 1 aromatic carbocycles. The minimum absolute atomic E-state index is 0.170. The molecule has 0 spiro atoms. The third-order valence-corrected chi connectivity index (χ3v) is 3.93. The second kappa shape index (κ2) is 7.68. The van der Waals surface area contributed by atoms with E-state index in [4.69, 9.17) is 21.6 Å². The molecule has 0 aliphatic carbocycles. The molecule has 1 aromatic heterocycles. The number of halogens is 1. The van der Waals surface area contributed by atoms with Crippen molar-refractivity contribution < 1.29 is 9.47 Å². The van der Waals surface area contributed by atoms with Gasteiger partial charge in [-0.05, 0) is 28.1 Å². The minimum Gasteiger partial charge on any atom is -0.493 e. The van der Waals surface area contributed by atoms with Crippen molar-refractivity contribution in [3.05, 3.63) is 27.5 Å². The number of hydrogen-bond donors (Lipinski definition) is 2. The van der Waals surface area contributed by atoms with Crippen molar-refractivity contribution in [2.75, 3.05) is 24.9 Å². The molecule has 8 heteroatoms. The molecule has 6 nitrogen and oxygen atoms in total. The fourth-order valence-electron chi connectivity index (χ4n) is 1.54. The van der Waals surface area contributed by atoms with E-state index in [1.807, 2.05) is 0 Å². The first-order valence-corrected chi connectivity index (χ1v) is 7.75. The maximum atomic E-state index is 5.54. The van der Waals surface area contributed by atoms with Crippen molar-refractivity contribution in [2.45, 2.75) is 0 Å². The molecule has 0 saturated heterocycles. The van der Waals surface area contributed by atoms with E-state index in [0.717, 1.165) is 10.0 Å². The summed E-state index contributed by atoms with van der Waals surface area (Å²) in [5.74, 6) is 4.00. The predicted molar refractivity (Wildman–Crippen MR) is 92.8 cm³/mol. The fourth-order valence-corrected chi connectivity index (χ4v) is 2.51. The fraction of sp³-hybridized carbons (Fsp3) is 0.143. The maximum absolute atomic E-state index is 5.54. The predicted octanol–water partition coefficient (Wildman–Crippen LogP) is 2.95. The molecule has 3 N–H and O–H groups in total. The van der Waals surface area contributed by atoms with E-state index in [1.165, 1.54) is 11.3 Å².